The molecule has 1 aromatic heterocycles. The summed E-state index contributed by atoms with van der Waals surface area (Å²) in [4.78, 5) is 4.21. The summed E-state index contributed by atoms with van der Waals surface area (Å²) in [6.45, 7) is 0.918. The molecule has 6 nitrogen and oxygen atoms in total. The van der Waals surface area contributed by atoms with E-state index < -0.39 is 10.0 Å². The number of rotatable bonds is 7. The first-order valence-electron chi connectivity index (χ1n) is 5.72. The molecule has 108 valence electrons. The summed E-state index contributed by atoms with van der Waals surface area (Å²) in [5.74, 6) is 0.335. The predicted molar refractivity (Wildman–Crippen MR) is 77.8 cm³/mol. The summed E-state index contributed by atoms with van der Waals surface area (Å²) in [7, 11) is 1.21. The van der Waals surface area contributed by atoms with Crippen LogP contribution >= 0.6 is 15.9 Å². The Hall–Kier alpha value is -0.700. The van der Waals surface area contributed by atoms with Crippen molar-refractivity contribution in [1.82, 2.24) is 9.29 Å². The standard InChI is InChI=1S/C11H18BrN3O3S/c1-13-11-10(7-9(12)8-14-11)19(16,17)15(2)5-4-6-18-3/h7-8H,4-6H2,1-3H3,(H,13,14). The van der Waals surface area contributed by atoms with Crippen LogP contribution in [0.3, 0.4) is 0 Å². The molecule has 0 bridgehead atoms. The van der Waals surface area contributed by atoms with Gasteiger partial charge in [0.2, 0.25) is 10.0 Å². The highest BCUT2D eigenvalue weighted by atomic mass is 79.9. The maximum atomic E-state index is 12.4. The van der Waals surface area contributed by atoms with Crippen molar-refractivity contribution in [3.63, 3.8) is 0 Å². The van der Waals surface area contributed by atoms with Crippen molar-refractivity contribution in [3.8, 4) is 0 Å². The van der Waals surface area contributed by atoms with E-state index in [0.717, 1.165) is 0 Å². The molecule has 1 heterocycles. The molecular weight excluding hydrogens is 334 g/mol. The van der Waals surface area contributed by atoms with Crippen LogP contribution in [0.4, 0.5) is 5.82 Å². The van der Waals surface area contributed by atoms with E-state index in [4.69, 9.17) is 4.74 Å². The van der Waals surface area contributed by atoms with Gasteiger partial charge < -0.3 is 10.1 Å². The average molecular weight is 352 g/mol. The minimum atomic E-state index is -3.56. The van der Waals surface area contributed by atoms with E-state index in [9.17, 15) is 8.42 Å². The number of anilines is 1. The SMILES string of the molecule is CNc1ncc(Br)cc1S(=O)(=O)N(C)CCCOC. The van der Waals surface area contributed by atoms with Gasteiger partial charge in [-0.25, -0.2) is 17.7 Å². The van der Waals surface area contributed by atoms with Crippen molar-refractivity contribution >= 4 is 31.8 Å². The Kier molecular flexibility index (Phi) is 6.18. The van der Waals surface area contributed by atoms with Gasteiger partial charge in [0.25, 0.3) is 0 Å². The zero-order valence-corrected chi connectivity index (χ0v) is 13.6. The van der Waals surface area contributed by atoms with Gasteiger partial charge in [-0.15, -0.1) is 0 Å². The van der Waals surface area contributed by atoms with Crippen molar-refractivity contribution in [3.05, 3.63) is 16.7 Å². The predicted octanol–water partition coefficient (Wildman–Crippen LogP) is 1.54. The summed E-state index contributed by atoms with van der Waals surface area (Å²) in [6.07, 6.45) is 2.19. The smallest absolute Gasteiger partial charge is 0.246 e. The maximum absolute atomic E-state index is 12.4. The minimum Gasteiger partial charge on any atom is -0.385 e. The third-order valence-electron chi connectivity index (χ3n) is 2.57. The Morgan fingerprint density at radius 3 is 2.79 bits per heavy atom. The monoisotopic (exact) mass is 351 g/mol. The third kappa shape index (κ3) is 4.13. The molecule has 0 unspecified atom stereocenters. The van der Waals surface area contributed by atoms with E-state index in [-0.39, 0.29) is 4.90 Å². The van der Waals surface area contributed by atoms with E-state index in [0.29, 0.717) is 29.9 Å². The Morgan fingerprint density at radius 2 is 2.21 bits per heavy atom. The van der Waals surface area contributed by atoms with Crippen LogP contribution in [0.2, 0.25) is 0 Å². The number of pyridine rings is 1. The zero-order chi connectivity index (χ0) is 14.5. The molecule has 1 aromatic rings. The van der Waals surface area contributed by atoms with Gasteiger partial charge in [-0.05, 0) is 28.4 Å². The van der Waals surface area contributed by atoms with Crippen LogP contribution in [0.25, 0.3) is 0 Å². The minimum absolute atomic E-state index is 0.157. The maximum Gasteiger partial charge on any atom is 0.246 e. The van der Waals surface area contributed by atoms with E-state index in [1.54, 1.807) is 33.5 Å². The van der Waals surface area contributed by atoms with E-state index in [1.165, 1.54) is 4.31 Å². The topological polar surface area (TPSA) is 71.5 Å². The first-order valence-corrected chi connectivity index (χ1v) is 7.95. The van der Waals surface area contributed by atoms with Crippen molar-refractivity contribution in [1.29, 1.82) is 0 Å². The van der Waals surface area contributed by atoms with Crippen molar-refractivity contribution < 1.29 is 13.2 Å². The Labute approximate surface area is 122 Å². The first kappa shape index (κ1) is 16.4. The molecular formula is C11H18BrN3O3S. The number of aromatic nitrogens is 1. The van der Waals surface area contributed by atoms with Gasteiger partial charge in [0, 0.05) is 45.0 Å². The molecule has 0 atom stereocenters. The van der Waals surface area contributed by atoms with Crippen LogP contribution in [0.5, 0.6) is 0 Å². The molecule has 0 aliphatic carbocycles. The highest BCUT2D eigenvalue weighted by Gasteiger charge is 2.24. The second-order valence-corrected chi connectivity index (χ2v) is 6.85. The molecule has 19 heavy (non-hydrogen) atoms. The molecule has 1 N–H and O–H groups in total. The number of sulfonamides is 1. The number of halogens is 1. The average Bonchev–Trinajstić information content (AvgIpc) is 2.38. The molecule has 1 rings (SSSR count). The van der Waals surface area contributed by atoms with E-state index in [1.807, 2.05) is 0 Å². The lowest BCUT2D eigenvalue weighted by Gasteiger charge is -2.18. The number of nitrogens with zero attached hydrogens (tertiary/aromatic N) is 2. The van der Waals surface area contributed by atoms with Crippen LogP contribution in [-0.4, -0.2) is 52.1 Å². The fourth-order valence-electron chi connectivity index (χ4n) is 1.52. The highest BCUT2D eigenvalue weighted by Crippen LogP contribution is 2.25. The lowest BCUT2D eigenvalue weighted by atomic mass is 10.4. The van der Waals surface area contributed by atoms with Gasteiger partial charge in [-0.1, -0.05) is 0 Å². The molecule has 8 heteroatoms. The largest absolute Gasteiger partial charge is 0.385 e. The first-order chi connectivity index (χ1) is 8.93. The lowest BCUT2D eigenvalue weighted by Crippen LogP contribution is -2.29. The van der Waals surface area contributed by atoms with Crippen molar-refractivity contribution in [2.75, 3.05) is 39.7 Å². The van der Waals surface area contributed by atoms with Crippen LogP contribution in [-0.2, 0) is 14.8 Å². The molecule has 0 saturated carbocycles. The van der Waals surface area contributed by atoms with Gasteiger partial charge >= 0.3 is 0 Å². The number of nitrogens with one attached hydrogen (secondary N) is 1. The highest BCUT2D eigenvalue weighted by molar-refractivity contribution is 9.10. The number of hydrogen-bond acceptors (Lipinski definition) is 5. The number of methoxy groups -OCH3 is 1. The van der Waals surface area contributed by atoms with Gasteiger partial charge in [0.1, 0.15) is 10.7 Å². The summed E-state index contributed by atoms with van der Waals surface area (Å²) < 4.78 is 31.7. The second kappa shape index (κ2) is 7.18. The van der Waals surface area contributed by atoms with Crippen LogP contribution in [0.1, 0.15) is 6.42 Å². The molecule has 0 radical (unpaired) electrons. The third-order valence-corrected chi connectivity index (χ3v) is 4.87. The summed E-state index contributed by atoms with van der Waals surface area (Å²) in [5.41, 5.74) is 0. The molecule has 0 saturated heterocycles. The fourth-order valence-corrected chi connectivity index (χ4v) is 3.39. The fraction of sp³-hybridized carbons (Fsp3) is 0.545. The van der Waals surface area contributed by atoms with Crippen molar-refractivity contribution in [2.24, 2.45) is 0 Å². The molecule has 0 amide bonds. The molecule has 0 spiro atoms. The normalized spacial score (nSPS) is 11.8. The summed E-state index contributed by atoms with van der Waals surface area (Å²) in [5, 5.41) is 2.79. The van der Waals surface area contributed by atoms with Crippen molar-refractivity contribution in [2.45, 2.75) is 11.3 Å². The van der Waals surface area contributed by atoms with Crippen LogP contribution in [0.15, 0.2) is 21.6 Å². The number of hydrogen-bond donors (Lipinski definition) is 1. The second-order valence-electron chi connectivity index (χ2n) is 3.92. The molecule has 0 aromatic carbocycles. The molecule has 0 aliphatic heterocycles. The van der Waals surface area contributed by atoms with Crippen LogP contribution < -0.4 is 5.32 Å². The van der Waals surface area contributed by atoms with Gasteiger partial charge in [0.15, 0.2) is 0 Å². The lowest BCUT2D eigenvalue weighted by molar-refractivity contribution is 0.189. The van der Waals surface area contributed by atoms with Gasteiger partial charge in [-0.3, -0.25) is 0 Å². The van der Waals surface area contributed by atoms with Gasteiger partial charge in [0.05, 0.1) is 0 Å². The Morgan fingerprint density at radius 1 is 1.53 bits per heavy atom. The summed E-state index contributed by atoms with van der Waals surface area (Å²) >= 11 is 3.24. The van der Waals surface area contributed by atoms with E-state index in [2.05, 4.69) is 26.2 Å². The summed E-state index contributed by atoms with van der Waals surface area (Å²) in [6, 6.07) is 1.54. The van der Waals surface area contributed by atoms with E-state index >= 15 is 0 Å². The van der Waals surface area contributed by atoms with Gasteiger partial charge in [-0.2, -0.15) is 0 Å². The molecule has 0 fully saturated rings. The quantitative estimate of drug-likeness (QED) is 0.754. The number of ether oxygens (including phenoxy) is 1. The Bertz CT molecular complexity index is 522. The Balaban J connectivity index is 3.02. The zero-order valence-electron chi connectivity index (χ0n) is 11.2. The van der Waals surface area contributed by atoms with Crippen LogP contribution in [0, 0.1) is 0 Å². The molecule has 0 aliphatic rings.